The van der Waals surface area contributed by atoms with Gasteiger partial charge in [-0.25, -0.2) is 4.98 Å². The van der Waals surface area contributed by atoms with E-state index in [0.29, 0.717) is 0 Å². The van der Waals surface area contributed by atoms with Crippen LogP contribution in [0.2, 0.25) is 0 Å². The summed E-state index contributed by atoms with van der Waals surface area (Å²) in [5.41, 5.74) is 1.91. The third-order valence-electron chi connectivity index (χ3n) is 2.98. The number of hydrogen-bond donors (Lipinski definition) is 1. The summed E-state index contributed by atoms with van der Waals surface area (Å²) in [6.45, 7) is 1.54. The molecule has 0 saturated carbocycles. The minimum atomic E-state index is -0.834. The summed E-state index contributed by atoms with van der Waals surface area (Å²) in [5, 5.41) is 9.60. The Morgan fingerprint density at radius 1 is 1.48 bits per heavy atom. The molecule has 0 bridgehead atoms. The molecule has 0 amide bonds. The quantitative estimate of drug-likeness (QED) is 0.568. The Kier molecular flexibility index (Phi) is 6.08. The van der Waals surface area contributed by atoms with E-state index in [1.165, 1.54) is 11.8 Å². The lowest BCUT2D eigenvalue weighted by atomic mass is 10.3. The lowest BCUT2D eigenvalue weighted by Crippen LogP contribution is -2.04. The summed E-state index contributed by atoms with van der Waals surface area (Å²) in [4.78, 5) is 15.3. The van der Waals surface area contributed by atoms with Gasteiger partial charge in [-0.1, -0.05) is 27.7 Å². The van der Waals surface area contributed by atoms with Gasteiger partial charge in [0.25, 0.3) is 0 Å². The lowest BCUT2D eigenvalue weighted by Gasteiger charge is -2.08. The summed E-state index contributed by atoms with van der Waals surface area (Å²) in [6.07, 6.45) is 1.94. The first-order valence-corrected chi connectivity index (χ1v) is 8.39. The van der Waals surface area contributed by atoms with E-state index in [1.54, 1.807) is 7.11 Å². The fourth-order valence-corrected chi connectivity index (χ4v) is 3.16. The number of fused-ring (bicyclic) bond motifs is 1. The third-order valence-corrected chi connectivity index (χ3v) is 4.43. The van der Waals surface area contributed by atoms with Crippen molar-refractivity contribution in [3.63, 3.8) is 0 Å². The minimum Gasteiger partial charge on any atom is -0.481 e. The number of benzene rings is 1. The molecule has 2 aromatic rings. The van der Waals surface area contributed by atoms with Crippen LogP contribution in [0.3, 0.4) is 0 Å². The third kappa shape index (κ3) is 4.46. The second kappa shape index (κ2) is 7.82. The van der Waals surface area contributed by atoms with Crippen LogP contribution in [-0.4, -0.2) is 40.1 Å². The van der Waals surface area contributed by atoms with Crippen LogP contribution >= 0.6 is 27.7 Å². The normalized spacial score (nSPS) is 11.1. The van der Waals surface area contributed by atoms with Crippen molar-refractivity contribution >= 4 is 44.7 Å². The highest BCUT2D eigenvalue weighted by molar-refractivity contribution is 9.10. The van der Waals surface area contributed by atoms with Gasteiger partial charge < -0.3 is 14.4 Å². The molecule has 114 valence electrons. The summed E-state index contributed by atoms with van der Waals surface area (Å²) < 4.78 is 8.11. The number of unbranched alkanes of at least 4 members (excludes halogenated alkanes) is 1. The van der Waals surface area contributed by atoms with E-state index in [0.717, 1.165) is 46.7 Å². The molecule has 0 aliphatic rings. The van der Waals surface area contributed by atoms with Crippen LogP contribution in [0.1, 0.15) is 12.8 Å². The molecule has 0 fully saturated rings. The predicted octanol–water partition coefficient (Wildman–Crippen LogP) is 3.40. The molecular formula is C14H17BrN2O3S. The molecule has 1 aromatic heterocycles. The van der Waals surface area contributed by atoms with Crippen LogP contribution < -0.4 is 0 Å². The standard InChI is InChI=1S/C14H17BrN2O3S/c1-20-7-3-2-6-17-12-5-4-10(15)8-11(12)16-14(17)21-9-13(18)19/h4-5,8H,2-3,6-7,9H2,1H3,(H,18,19). The molecule has 21 heavy (non-hydrogen) atoms. The minimum absolute atomic E-state index is 0.0164. The zero-order valence-corrected chi connectivity index (χ0v) is 14.1. The van der Waals surface area contributed by atoms with Gasteiger partial charge in [0, 0.05) is 24.7 Å². The molecule has 1 aromatic carbocycles. The van der Waals surface area contributed by atoms with Gasteiger partial charge in [-0.2, -0.15) is 0 Å². The topological polar surface area (TPSA) is 64.3 Å². The number of halogens is 1. The van der Waals surface area contributed by atoms with Gasteiger partial charge in [0.05, 0.1) is 16.8 Å². The maximum atomic E-state index is 10.8. The van der Waals surface area contributed by atoms with Crippen molar-refractivity contribution in [2.75, 3.05) is 19.5 Å². The van der Waals surface area contributed by atoms with Crippen LogP contribution in [-0.2, 0) is 16.1 Å². The molecule has 0 spiro atoms. The van der Waals surface area contributed by atoms with E-state index in [1.807, 2.05) is 18.2 Å². The highest BCUT2D eigenvalue weighted by atomic mass is 79.9. The molecule has 1 N–H and O–H groups in total. The number of nitrogens with zero attached hydrogens (tertiary/aromatic N) is 2. The predicted molar refractivity (Wildman–Crippen MR) is 86.9 cm³/mol. The van der Waals surface area contributed by atoms with E-state index in [2.05, 4.69) is 25.5 Å². The zero-order chi connectivity index (χ0) is 15.2. The molecule has 0 unspecified atom stereocenters. The van der Waals surface area contributed by atoms with Gasteiger partial charge in [-0.05, 0) is 31.0 Å². The van der Waals surface area contributed by atoms with E-state index in [9.17, 15) is 4.79 Å². The summed E-state index contributed by atoms with van der Waals surface area (Å²) in [7, 11) is 1.69. The van der Waals surface area contributed by atoms with Crippen molar-refractivity contribution < 1.29 is 14.6 Å². The van der Waals surface area contributed by atoms with Gasteiger partial charge >= 0.3 is 5.97 Å². The van der Waals surface area contributed by atoms with Crippen molar-refractivity contribution in [2.24, 2.45) is 0 Å². The maximum Gasteiger partial charge on any atom is 0.313 e. The maximum absolute atomic E-state index is 10.8. The van der Waals surface area contributed by atoms with Gasteiger partial charge in [-0.3, -0.25) is 4.79 Å². The molecule has 0 aliphatic carbocycles. The van der Waals surface area contributed by atoms with Crippen molar-refractivity contribution in [3.05, 3.63) is 22.7 Å². The van der Waals surface area contributed by atoms with Gasteiger partial charge in [-0.15, -0.1) is 0 Å². The van der Waals surface area contributed by atoms with E-state index in [4.69, 9.17) is 9.84 Å². The van der Waals surface area contributed by atoms with E-state index >= 15 is 0 Å². The Hall–Kier alpha value is -1.05. The van der Waals surface area contributed by atoms with Gasteiger partial charge in [0.15, 0.2) is 5.16 Å². The monoisotopic (exact) mass is 372 g/mol. The molecule has 0 aliphatic heterocycles. The number of ether oxygens (including phenoxy) is 1. The number of aryl methyl sites for hydroxylation is 1. The number of aliphatic carboxylic acids is 1. The van der Waals surface area contributed by atoms with Crippen LogP contribution in [0.4, 0.5) is 0 Å². The number of imidazole rings is 1. The number of methoxy groups -OCH3 is 1. The van der Waals surface area contributed by atoms with E-state index < -0.39 is 5.97 Å². The molecular weight excluding hydrogens is 356 g/mol. The SMILES string of the molecule is COCCCCn1c(SCC(=O)O)nc2cc(Br)ccc21. The molecule has 0 radical (unpaired) electrons. The van der Waals surface area contributed by atoms with E-state index in [-0.39, 0.29) is 5.75 Å². The van der Waals surface area contributed by atoms with Crippen molar-refractivity contribution in [2.45, 2.75) is 24.5 Å². The smallest absolute Gasteiger partial charge is 0.313 e. The number of hydrogen-bond acceptors (Lipinski definition) is 4. The van der Waals surface area contributed by atoms with Gasteiger partial charge in [0.1, 0.15) is 0 Å². The van der Waals surface area contributed by atoms with Crippen molar-refractivity contribution in [1.82, 2.24) is 9.55 Å². The average molecular weight is 373 g/mol. The van der Waals surface area contributed by atoms with Crippen LogP contribution in [0.15, 0.2) is 27.8 Å². The second-order valence-corrected chi connectivity index (χ2v) is 6.42. The number of thioether (sulfide) groups is 1. The molecule has 5 nitrogen and oxygen atoms in total. The number of carboxylic acid groups (broad SMARTS) is 1. The Bertz CT molecular complexity index is 630. The summed E-state index contributed by atoms with van der Waals surface area (Å²) in [5.74, 6) is -0.818. The first-order chi connectivity index (χ1) is 10.1. The van der Waals surface area contributed by atoms with Crippen LogP contribution in [0.25, 0.3) is 11.0 Å². The molecule has 0 atom stereocenters. The largest absolute Gasteiger partial charge is 0.481 e. The highest BCUT2D eigenvalue weighted by Crippen LogP contribution is 2.26. The second-order valence-electron chi connectivity index (χ2n) is 4.56. The zero-order valence-electron chi connectivity index (χ0n) is 11.7. The van der Waals surface area contributed by atoms with Crippen LogP contribution in [0, 0.1) is 0 Å². The lowest BCUT2D eigenvalue weighted by molar-refractivity contribution is -0.133. The number of carboxylic acids is 1. The number of rotatable bonds is 8. The first kappa shape index (κ1) is 16.3. The Morgan fingerprint density at radius 3 is 3.00 bits per heavy atom. The Balaban J connectivity index is 2.23. The Morgan fingerprint density at radius 2 is 2.29 bits per heavy atom. The number of aromatic nitrogens is 2. The van der Waals surface area contributed by atoms with Crippen molar-refractivity contribution in [3.8, 4) is 0 Å². The van der Waals surface area contributed by atoms with Gasteiger partial charge in [0.2, 0.25) is 0 Å². The summed E-state index contributed by atoms with van der Waals surface area (Å²) in [6, 6.07) is 5.93. The molecule has 0 saturated heterocycles. The highest BCUT2D eigenvalue weighted by Gasteiger charge is 2.12. The fourth-order valence-electron chi connectivity index (χ4n) is 2.05. The van der Waals surface area contributed by atoms with Crippen LogP contribution in [0.5, 0.6) is 0 Å². The molecule has 2 rings (SSSR count). The Labute approximate surface area is 135 Å². The summed E-state index contributed by atoms with van der Waals surface area (Å²) >= 11 is 4.69. The first-order valence-electron chi connectivity index (χ1n) is 6.61. The molecule has 1 heterocycles. The number of carbonyl (C=O) groups is 1. The average Bonchev–Trinajstić information content (AvgIpc) is 2.78. The molecule has 7 heteroatoms. The fraction of sp³-hybridized carbons (Fsp3) is 0.429. The van der Waals surface area contributed by atoms with Crippen molar-refractivity contribution in [1.29, 1.82) is 0 Å².